The molecule has 0 bridgehead atoms. The number of sulfone groups is 1. The Morgan fingerprint density at radius 2 is 1.86 bits per heavy atom. The van der Waals surface area contributed by atoms with E-state index in [2.05, 4.69) is 4.99 Å². The van der Waals surface area contributed by atoms with Crippen LogP contribution in [0.15, 0.2) is 59.6 Å². The van der Waals surface area contributed by atoms with Gasteiger partial charge in [-0.25, -0.2) is 12.8 Å². The van der Waals surface area contributed by atoms with Crippen molar-refractivity contribution in [2.45, 2.75) is 11.3 Å². The van der Waals surface area contributed by atoms with Crippen molar-refractivity contribution in [1.29, 1.82) is 0 Å². The second-order valence-corrected chi connectivity index (χ2v) is 9.90. The number of hydrogen-bond donors (Lipinski definition) is 0. The zero-order valence-corrected chi connectivity index (χ0v) is 16.3. The summed E-state index contributed by atoms with van der Waals surface area (Å²) in [4.78, 5) is 18.2. The molecular formula is C19H17FN2O4S2. The first kappa shape index (κ1) is 18.9. The van der Waals surface area contributed by atoms with Gasteiger partial charge in [0.15, 0.2) is 21.6 Å². The van der Waals surface area contributed by atoms with Crippen molar-refractivity contribution in [2.75, 3.05) is 23.0 Å². The van der Waals surface area contributed by atoms with Crippen LogP contribution in [0.3, 0.4) is 0 Å². The van der Waals surface area contributed by atoms with E-state index in [0.29, 0.717) is 16.6 Å². The lowest BCUT2D eigenvalue weighted by molar-refractivity contribution is -0.119. The van der Waals surface area contributed by atoms with Gasteiger partial charge in [0.25, 0.3) is 5.91 Å². The number of thioether (sulfide) groups is 1. The molecule has 1 amide bonds. The molecule has 2 unspecified atom stereocenters. The fourth-order valence-electron chi connectivity index (χ4n) is 3.27. The summed E-state index contributed by atoms with van der Waals surface area (Å²) >= 11 is 1.27. The fraction of sp³-hybridized carbons (Fsp3) is 0.263. The van der Waals surface area contributed by atoms with Crippen LogP contribution in [0.4, 0.5) is 10.1 Å². The summed E-state index contributed by atoms with van der Waals surface area (Å²) in [5.41, 5.74) is 0.606. The van der Waals surface area contributed by atoms with Gasteiger partial charge in [0.05, 0.1) is 17.5 Å². The largest absolute Gasteiger partial charge is 0.484 e. The van der Waals surface area contributed by atoms with Crippen LogP contribution < -0.4 is 9.64 Å². The first-order valence-corrected chi connectivity index (χ1v) is 11.3. The van der Waals surface area contributed by atoms with Gasteiger partial charge in [0, 0.05) is 10.9 Å². The third-order valence-electron chi connectivity index (χ3n) is 4.50. The molecule has 2 atom stereocenters. The first-order chi connectivity index (χ1) is 13.4. The van der Waals surface area contributed by atoms with Crippen LogP contribution in [-0.4, -0.2) is 48.9 Å². The zero-order chi connectivity index (χ0) is 19.7. The number of amidine groups is 1. The van der Waals surface area contributed by atoms with E-state index in [1.807, 2.05) is 6.07 Å². The van der Waals surface area contributed by atoms with Gasteiger partial charge in [-0.2, -0.15) is 4.99 Å². The molecule has 2 fully saturated rings. The van der Waals surface area contributed by atoms with Gasteiger partial charge in [-0.15, -0.1) is 0 Å². The lowest BCUT2D eigenvalue weighted by atomic mass is 10.2. The number of para-hydroxylation sites is 1. The SMILES string of the molecule is O=C(COc1ccccc1)N=C1SC2CS(=O)(=O)CC2N1c1ccc(F)cc1. The van der Waals surface area contributed by atoms with Gasteiger partial charge < -0.3 is 9.64 Å². The van der Waals surface area contributed by atoms with Crippen molar-refractivity contribution in [3.05, 3.63) is 60.4 Å². The minimum absolute atomic E-state index is 0.0181. The maximum absolute atomic E-state index is 13.3. The van der Waals surface area contributed by atoms with Gasteiger partial charge in [-0.05, 0) is 36.4 Å². The molecule has 2 aliphatic rings. The van der Waals surface area contributed by atoms with Crippen molar-refractivity contribution in [3.63, 3.8) is 0 Å². The molecular weight excluding hydrogens is 403 g/mol. The summed E-state index contributed by atoms with van der Waals surface area (Å²) in [6.07, 6.45) is 0. The number of fused-ring (bicyclic) bond motifs is 1. The number of amides is 1. The number of nitrogens with zero attached hydrogens (tertiary/aromatic N) is 2. The number of hydrogen-bond acceptors (Lipinski definition) is 5. The Bertz CT molecular complexity index is 1010. The number of rotatable bonds is 4. The van der Waals surface area contributed by atoms with Crippen LogP contribution in [0.2, 0.25) is 0 Å². The van der Waals surface area contributed by atoms with Crippen LogP contribution >= 0.6 is 11.8 Å². The summed E-state index contributed by atoms with van der Waals surface area (Å²) in [7, 11) is -3.15. The molecule has 4 rings (SSSR count). The number of anilines is 1. The molecule has 28 heavy (non-hydrogen) atoms. The number of halogens is 1. The summed E-state index contributed by atoms with van der Waals surface area (Å²) in [5.74, 6) is -0.282. The van der Waals surface area contributed by atoms with Crippen molar-refractivity contribution in [1.82, 2.24) is 0 Å². The standard InChI is InChI=1S/C19H17FN2O4S2/c20-13-6-8-14(9-7-13)22-16-11-28(24,25)12-17(16)27-19(22)21-18(23)10-26-15-4-2-1-3-5-15/h1-9,16-17H,10-12H2. The van der Waals surface area contributed by atoms with Gasteiger partial charge >= 0.3 is 0 Å². The molecule has 2 aromatic rings. The van der Waals surface area contributed by atoms with Gasteiger partial charge in [-0.3, -0.25) is 4.79 Å². The summed E-state index contributed by atoms with van der Waals surface area (Å²) in [6.45, 7) is -0.223. The number of carbonyl (C=O) groups is 1. The monoisotopic (exact) mass is 420 g/mol. The fourth-order valence-corrected chi connectivity index (χ4v) is 7.20. The van der Waals surface area contributed by atoms with Crippen molar-refractivity contribution < 1.29 is 22.3 Å². The molecule has 0 spiro atoms. The molecule has 9 heteroatoms. The third-order valence-corrected chi connectivity index (χ3v) is 7.71. The number of benzene rings is 2. The van der Waals surface area contributed by atoms with E-state index in [4.69, 9.17) is 4.74 Å². The van der Waals surface area contributed by atoms with Gasteiger partial charge in [0.2, 0.25) is 0 Å². The molecule has 2 aromatic carbocycles. The van der Waals surface area contributed by atoms with Crippen LogP contribution in [-0.2, 0) is 14.6 Å². The highest BCUT2D eigenvalue weighted by Gasteiger charge is 2.49. The van der Waals surface area contributed by atoms with E-state index >= 15 is 0 Å². The maximum Gasteiger partial charge on any atom is 0.285 e. The van der Waals surface area contributed by atoms with Crippen LogP contribution in [0.5, 0.6) is 5.75 Å². The highest BCUT2D eigenvalue weighted by atomic mass is 32.2. The molecule has 2 saturated heterocycles. The van der Waals surface area contributed by atoms with Crippen molar-refractivity contribution >= 4 is 38.4 Å². The number of ether oxygens (including phenoxy) is 1. The van der Waals surface area contributed by atoms with E-state index in [9.17, 15) is 17.6 Å². The molecule has 0 N–H and O–H groups in total. The Balaban J connectivity index is 1.56. The lowest BCUT2D eigenvalue weighted by Gasteiger charge is -2.24. The van der Waals surface area contributed by atoms with E-state index in [1.54, 1.807) is 41.3 Å². The molecule has 146 valence electrons. The first-order valence-electron chi connectivity index (χ1n) is 8.62. The normalized spacial score (nSPS) is 24.3. The predicted octanol–water partition coefficient (Wildman–Crippen LogP) is 2.51. The Kier molecular flexibility index (Phi) is 5.11. The van der Waals surface area contributed by atoms with Crippen LogP contribution in [0, 0.1) is 5.82 Å². The summed E-state index contributed by atoms with van der Waals surface area (Å²) < 4.78 is 42.8. The van der Waals surface area contributed by atoms with Crippen LogP contribution in [0.1, 0.15) is 0 Å². The van der Waals surface area contributed by atoms with Gasteiger partial charge in [-0.1, -0.05) is 30.0 Å². The molecule has 0 aromatic heterocycles. The highest BCUT2D eigenvalue weighted by molar-refractivity contribution is 8.16. The third kappa shape index (κ3) is 4.05. The quantitative estimate of drug-likeness (QED) is 0.757. The van der Waals surface area contributed by atoms with E-state index in [-0.39, 0.29) is 29.4 Å². The minimum Gasteiger partial charge on any atom is -0.484 e. The topological polar surface area (TPSA) is 76.0 Å². The molecule has 2 aliphatic heterocycles. The average molecular weight is 420 g/mol. The van der Waals surface area contributed by atoms with Crippen molar-refractivity contribution in [2.24, 2.45) is 4.99 Å². The Morgan fingerprint density at radius 1 is 1.14 bits per heavy atom. The smallest absolute Gasteiger partial charge is 0.285 e. The highest BCUT2D eigenvalue weighted by Crippen LogP contribution is 2.40. The number of carbonyl (C=O) groups excluding carboxylic acids is 1. The molecule has 0 aliphatic carbocycles. The lowest BCUT2D eigenvalue weighted by Crippen LogP contribution is -2.37. The molecule has 2 heterocycles. The summed E-state index contributed by atoms with van der Waals surface area (Å²) in [5, 5.41) is 0.204. The predicted molar refractivity (Wildman–Crippen MR) is 107 cm³/mol. The molecule has 0 saturated carbocycles. The Hall–Kier alpha value is -2.39. The van der Waals surface area contributed by atoms with Gasteiger partial charge in [0.1, 0.15) is 11.6 Å². The van der Waals surface area contributed by atoms with E-state index < -0.39 is 21.6 Å². The second-order valence-electron chi connectivity index (χ2n) is 6.54. The molecule has 0 radical (unpaired) electrons. The maximum atomic E-state index is 13.3. The average Bonchev–Trinajstić information content (AvgIpc) is 3.12. The summed E-state index contributed by atoms with van der Waals surface area (Å²) in [6, 6.07) is 14.3. The van der Waals surface area contributed by atoms with E-state index in [0.717, 1.165) is 0 Å². The van der Waals surface area contributed by atoms with Crippen molar-refractivity contribution in [3.8, 4) is 5.75 Å². The molecule has 6 nitrogen and oxygen atoms in total. The Morgan fingerprint density at radius 3 is 2.57 bits per heavy atom. The number of aliphatic imine (C=N–C) groups is 1. The van der Waals surface area contributed by atoms with E-state index in [1.165, 1.54) is 23.9 Å². The Labute approximate surface area is 166 Å². The van der Waals surface area contributed by atoms with Crippen LogP contribution in [0.25, 0.3) is 0 Å². The zero-order valence-electron chi connectivity index (χ0n) is 14.7. The second kappa shape index (κ2) is 7.56. The minimum atomic E-state index is -3.15.